The van der Waals surface area contributed by atoms with Gasteiger partial charge in [0.25, 0.3) is 0 Å². The molecule has 1 unspecified atom stereocenters. The lowest BCUT2D eigenvalue weighted by Gasteiger charge is -2.18. The van der Waals surface area contributed by atoms with Crippen LogP contribution in [0.3, 0.4) is 0 Å². The number of hydrogen-bond donors (Lipinski definition) is 0. The molecule has 1 aromatic rings. The van der Waals surface area contributed by atoms with Gasteiger partial charge in [-0.25, -0.2) is 0 Å². The molecule has 3 heteroatoms. The first kappa shape index (κ1) is 14.4. The quantitative estimate of drug-likeness (QED) is 0.604. The lowest BCUT2D eigenvalue weighted by molar-refractivity contribution is -0.123. The van der Waals surface area contributed by atoms with Crippen molar-refractivity contribution in [3.8, 4) is 0 Å². The van der Waals surface area contributed by atoms with Gasteiger partial charge < -0.3 is 4.90 Å². The SMILES string of the molecule is CC(=NC(C(=O)C(C)C)c1ccccc1)N(C)C. The van der Waals surface area contributed by atoms with Crippen molar-refractivity contribution in [1.82, 2.24) is 4.90 Å². The minimum Gasteiger partial charge on any atom is -0.367 e. The number of rotatable bonds is 4. The summed E-state index contributed by atoms with van der Waals surface area (Å²) in [5, 5.41) is 0. The maximum absolute atomic E-state index is 12.3. The van der Waals surface area contributed by atoms with Gasteiger partial charge in [0.15, 0.2) is 5.78 Å². The number of benzene rings is 1. The Morgan fingerprint density at radius 2 is 1.72 bits per heavy atom. The van der Waals surface area contributed by atoms with Crippen molar-refractivity contribution >= 4 is 11.6 Å². The molecule has 0 saturated carbocycles. The van der Waals surface area contributed by atoms with Crippen LogP contribution in [0.25, 0.3) is 0 Å². The van der Waals surface area contributed by atoms with Gasteiger partial charge in [0.1, 0.15) is 6.04 Å². The Labute approximate surface area is 110 Å². The van der Waals surface area contributed by atoms with Crippen molar-refractivity contribution in [3.05, 3.63) is 35.9 Å². The number of aliphatic imine (C=N–C) groups is 1. The predicted molar refractivity (Wildman–Crippen MR) is 75.8 cm³/mol. The minimum absolute atomic E-state index is 0.0195. The molecule has 0 N–H and O–H groups in total. The third-order valence-electron chi connectivity index (χ3n) is 2.92. The molecule has 0 heterocycles. The smallest absolute Gasteiger partial charge is 0.164 e. The highest BCUT2D eigenvalue weighted by atomic mass is 16.1. The van der Waals surface area contributed by atoms with Gasteiger partial charge in [0.2, 0.25) is 0 Å². The fraction of sp³-hybridized carbons (Fsp3) is 0.467. The second-order valence-electron chi connectivity index (χ2n) is 4.94. The summed E-state index contributed by atoms with van der Waals surface area (Å²) in [4.78, 5) is 18.8. The molecule has 0 radical (unpaired) electrons. The number of ketones is 1. The summed E-state index contributed by atoms with van der Waals surface area (Å²) in [5.74, 6) is 0.995. The molecule has 0 aliphatic rings. The van der Waals surface area contributed by atoms with E-state index in [2.05, 4.69) is 4.99 Å². The van der Waals surface area contributed by atoms with Crippen LogP contribution in [0.15, 0.2) is 35.3 Å². The lowest BCUT2D eigenvalue weighted by atomic mass is 9.96. The maximum Gasteiger partial charge on any atom is 0.164 e. The Balaban J connectivity index is 3.12. The van der Waals surface area contributed by atoms with Gasteiger partial charge in [0, 0.05) is 20.0 Å². The molecule has 3 nitrogen and oxygen atoms in total. The fourth-order valence-electron chi connectivity index (χ4n) is 1.56. The molecule has 0 spiro atoms. The highest BCUT2D eigenvalue weighted by Gasteiger charge is 2.22. The molecule has 18 heavy (non-hydrogen) atoms. The summed E-state index contributed by atoms with van der Waals surface area (Å²) in [7, 11) is 3.86. The van der Waals surface area contributed by atoms with Gasteiger partial charge in [-0.3, -0.25) is 9.79 Å². The summed E-state index contributed by atoms with van der Waals surface area (Å²) < 4.78 is 0. The predicted octanol–water partition coefficient (Wildman–Crippen LogP) is 2.93. The molecule has 0 aromatic heterocycles. The zero-order valence-electron chi connectivity index (χ0n) is 11.8. The average molecular weight is 246 g/mol. The van der Waals surface area contributed by atoms with Crippen LogP contribution in [0.4, 0.5) is 0 Å². The van der Waals surface area contributed by atoms with Gasteiger partial charge in [-0.2, -0.15) is 0 Å². The molecule has 1 rings (SSSR count). The van der Waals surface area contributed by atoms with E-state index in [9.17, 15) is 4.79 Å². The van der Waals surface area contributed by atoms with E-state index in [1.807, 2.05) is 70.1 Å². The summed E-state index contributed by atoms with van der Waals surface area (Å²) >= 11 is 0. The topological polar surface area (TPSA) is 32.7 Å². The van der Waals surface area contributed by atoms with Crippen LogP contribution in [-0.4, -0.2) is 30.6 Å². The second kappa shape index (κ2) is 6.34. The van der Waals surface area contributed by atoms with E-state index < -0.39 is 6.04 Å². The van der Waals surface area contributed by atoms with Gasteiger partial charge in [-0.05, 0) is 12.5 Å². The number of hydrogen-bond acceptors (Lipinski definition) is 2. The van der Waals surface area contributed by atoms with E-state index >= 15 is 0 Å². The second-order valence-corrected chi connectivity index (χ2v) is 4.94. The Morgan fingerprint density at radius 3 is 2.17 bits per heavy atom. The first-order chi connectivity index (χ1) is 8.43. The van der Waals surface area contributed by atoms with E-state index in [4.69, 9.17) is 0 Å². The molecule has 98 valence electrons. The first-order valence-corrected chi connectivity index (χ1v) is 6.24. The number of Topliss-reactive ketones (excluding diaryl/α,β-unsaturated/α-hetero) is 1. The number of nitrogens with zero attached hydrogens (tertiary/aromatic N) is 2. The summed E-state index contributed by atoms with van der Waals surface area (Å²) in [6, 6.07) is 9.35. The third kappa shape index (κ3) is 3.69. The van der Waals surface area contributed by atoms with E-state index in [-0.39, 0.29) is 11.7 Å². The highest BCUT2D eigenvalue weighted by Crippen LogP contribution is 2.22. The van der Waals surface area contributed by atoms with Crippen molar-refractivity contribution in [2.24, 2.45) is 10.9 Å². The molecule has 1 aromatic carbocycles. The van der Waals surface area contributed by atoms with Crippen LogP contribution < -0.4 is 0 Å². The average Bonchev–Trinajstić information content (AvgIpc) is 2.35. The molecule has 1 atom stereocenters. The van der Waals surface area contributed by atoms with Gasteiger partial charge in [0.05, 0.1) is 5.84 Å². The van der Waals surface area contributed by atoms with Gasteiger partial charge >= 0.3 is 0 Å². The molecular formula is C15H22N2O. The molecule has 0 fully saturated rings. The van der Waals surface area contributed by atoms with E-state index in [1.54, 1.807) is 0 Å². The van der Waals surface area contributed by atoms with Crippen LogP contribution in [0.2, 0.25) is 0 Å². The largest absolute Gasteiger partial charge is 0.367 e. The summed E-state index contributed by atoms with van der Waals surface area (Å²) in [6.07, 6.45) is 0. The fourth-order valence-corrected chi connectivity index (χ4v) is 1.56. The number of amidine groups is 1. The Hall–Kier alpha value is -1.64. The van der Waals surface area contributed by atoms with Crippen molar-refractivity contribution < 1.29 is 4.79 Å². The minimum atomic E-state index is -0.395. The molecule has 0 aliphatic carbocycles. The van der Waals surface area contributed by atoms with Crippen molar-refractivity contribution in [2.45, 2.75) is 26.8 Å². The van der Waals surface area contributed by atoms with Crippen molar-refractivity contribution in [2.75, 3.05) is 14.1 Å². The lowest BCUT2D eigenvalue weighted by Crippen LogP contribution is -2.23. The third-order valence-corrected chi connectivity index (χ3v) is 2.92. The Bertz CT molecular complexity index is 421. The van der Waals surface area contributed by atoms with E-state index in [1.165, 1.54) is 0 Å². The summed E-state index contributed by atoms with van der Waals surface area (Å²) in [6.45, 7) is 5.75. The first-order valence-electron chi connectivity index (χ1n) is 6.24. The van der Waals surface area contributed by atoms with Gasteiger partial charge in [-0.1, -0.05) is 44.2 Å². The van der Waals surface area contributed by atoms with Crippen molar-refractivity contribution in [3.63, 3.8) is 0 Å². The molecule has 0 bridgehead atoms. The van der Waals surface area contributed by atoms with Crippen LogP contribution in [0, 0.1) is 5.92 Å². The molecule has 0 aliphatic heterocycles. The monoisotopic (exact) mass is 246 g/mol. The van der Waals surface area contributed by atoms with Crippen LogP contribution in [-0.2, 0) is 4.79 Å². The van der Waals surface area contributed by atoms with Crippen molar-refractivity contribution in [1.29, 1.82) is 0 Å². The standard InChI is InChI=1S/C15H22N2O/c1-11(2)15(18)14(16-12(3)17(4)5)13-9-7-6-8-10-13/h6-11,14H,1-5H3. The van der Waals surface area contributed by atoms with Gasteiger partial charge in [-0.15, -0.1) is 0 Å². The van der Waals surface area contributed by atoms with Crippen LogP contribution in [0.1, 0.15) is 32.4 Å². The zero-order chi connectivity index (χ0) is 13.7. The zero-order valence-corrected chi connectivity index (χ0v) is 11.8. The molecule has 0 saturated heterocycles. The summed E-state index contributed by atoms with van der Waals surface area (Å²) in [5.41, 5.74) is 0.956. The van der Waals surface area contributed by atoms with Crippen LogP contribution in [0.5, 0.6) is 0 Å². The van der Waals surface area contributed by atoms with E-state index in [0.29, 0.717) is 0 Å². The molecular weight excluding hydrogens is 224 g/mol. The number of carbonyl (C=O) groups excluding carboxylic acids is 1. The maximum atomic E-state index is 12.3. The highest BCUT2D eigenvalue weighted by molar-refractivity contribution is 5.90. The Morgan fingerprint density at radius 1 is 1.17 bits per heavy atom. The van der Waals surface area contributed by atoms with E-state index in [0.717, 1.165) is 11.4 Å². The van der Waals surface area contributed by atoms with Crippen LogP contribution >= 0.6 is 0 Å². The number of carbonyl (C=O) groups is 1. The Kier molecular flexibility index (Phi) is 5.08. The molecule has 0 amide bonds. The normalized spacial score (nSPS) is 13.6.